The zero-order chi connectivity index (χ0) is 20.6. The molecule has 0 saturated carbocycles. The molecule has 2 N–H and O–H groups in total. The van der Waals surface area contributed by atoms with E-state index in [1.807, 2.05) is 0 Å². The number of hydrogen-bond donors (Lipinski definition) is 2. The summed E-state index contributed by atoms with van der Waals surface area (Å²) in [7, 11) is 0. The summed E-state index contributed by atoms with van der Waals surface area (Å²) in [4.78, 5) is 24.7. The number of halogens is 1. The first-order valence-corrected chi connectivity index (χ1v) is 9.89. The van der Waals surface area contributed by atoms with Gasteiger partial charge in [0.25, 0.3) is 0 Å². The molecule has 2 atom stereocenters. The fourth-order valence-electron chi connectivity index (χ4n) is 3.72. The van der Waals surface area contributed by atoms with Crippen LogP contribution in [0.2, 0.25) is 5.02 Å². The number of ketones is 2. The monoisotopic (exact) mass is 424 g/mol. The quantitative estimate of drug-likeness (QED) is 0.693. The molecule has 2 heterocycles. The molecule has 1 unspecified atom stereocenters. The smallest absolute Gasteiger partial charge is 0.228 e. The number of ether oxygens (including phenoxy) is 4. The first kappa shape index (κ1) is 20.0. The van der Waals surface area contributed by atoms with Gasteiger partial charge in [0, 0.05) is 31.6 Å². The third kappa shape index (κ3) is 3.56. The van der Waals surface area contributed by atoms with Gasteiger partial charge < -0.3 is 29.2 Å². The number of carbonyl (C=O) groups is 2. The molecule has 1 spiro atoms. The van der Waals surface area contributed by atoms with Crippen molar-refractivity contribution in [2.24, 2.45) is 0 Å². The van der Waals surface area contributed by atoms with Crippen LogP contribution in [0.15, 0.2) is 17.9 Å². The van der Waals surface area contributed by atoms with Crippen LogP contribution in [-0.2, 0) is 14.3 Å². The molecule has 0 bridgehead atoms. The summed E-state index contributed by atoms with van der Waals surface area (Å²) < 4.78 is 22.5. The summed E-state index contributed by atoms with van der Waals surface area (Å²) in [6, 6.07) is 1.23. The van der Waals surface area contributed by atoms with E-state index in [0.29, 0.717) is 6.61 Å². The standard InChI is InChI=1S/C20H21ClO8/c21-17-12(23)10-13(26-7-8-28-15-3-1-2-6-27-15)16-18(17)29-20(19(16)25)5-4-11(22)9-14(20)24/h9-10,15,23-24H,1-8H2/t15?,20-/m0/s1. The van der Waals surface area contributed by atoms with Crippen molar-refractivity contribution < 1.29 is 38.7 Å². The highest BCUT2D eigenvalue weighted by molar-refractivity contribution is 6.35. The number of benzene rings is 1. The van der Waals surface area contributed by atoms with Crippen LogP contribution in [0, 0.1) is 0 Å². The Hall–Kier alpha value is -2.29. The van der Waals surface area contributed by atoms with Gasteiger partial charge in [-0.15, -0.1) is 0 Å². The van der Waals surface area contributed by atoms with Crippen molar-refractivity contribution in [3.8, 4) is 17.2 Å². The van der Waals surface area contributed by atoms with Crippen LogP contribution in [0.1, 0.15) is 42.5 Å². The van der Waals surface area contributed by atoms with Gasteiger partial charge >= 0.3 is 0 Å². The molecular formula is C20H21ClO8. The number of hydrogen-bond acceptors (Lipinski definition) is 8. The number of rotatable bonds is 5. The van der Waals surface area contributed by atoms with Gasteiger partial charge in [-0.2, -0.15) is 0 Å². The van der Waals surface area contributed by atoms with Gasteiger partial charge in [0.05, 0.1) is 6.61 Å². The fourth-order valence-corrected chi connectivity index (χ4v) is 3.91. The molecule has 0 radical (unpaired) electrons. The second-order valence-corrected chi connectivity index (χ2v) is 7.56. The molecule has 4 rings (SSSR count). The van der Waals surface area contributed by atoms with Gasteiger partial charge in [-0.1, -0.05) is 11.6 Å². The highest BCUT2D eigenvalue weighted by Gasteiger charge is 2.55. The zero-order valence-electron chi connectivity index (χ0n) is 15.6. The Morgan fingerprint density at radius 2 is 2.07 bits per heavy atom. The number of allylic oxidation sites excluding steroid dienone is 1. The van der Waals surface area contributed by atoms with E-state index >= 15 is 0 Å². The molecule has 29 heavy (non-hydrogen) atoms. The van der Waals surface area contributed by atoms with Crippen LogP contribution in [0.25, 0.3) is 0 Å². The van der Waals surface area contributed by atoms with E-state index in [1.54, 1.807) is 0 Å². The molecular weight excluding hydrogens is 404 g/mol. The van der Waals surface area contributed by atoms with Crippen molar-refractivity contribution in [3.63, 3.8) is 0 Å². The summed E-state index contributed by atoms with van der Waals surface area (Å²) >= 11 is 6.13. The predicted octanol–water partition coefficient (Wildman–Crippen LogP) is 3.09. The van der Waals surface area contributed by atoms with Gasteiger partial charge in [-0.05, 0) is 19.3 Å². The number of aliphatic hydroxyl groups is 1. The van der Waals surface area contributed by atoms with E-state index in [0.717, 1.165) is 25.3 Å². The molecule has 8 nitrogen and oxygen atoms in total. The summed E-state index contributed by atoms with van der Waals surface area (Å²) in [5, 5.41) is 20.3. The second-order valence-electron chi connectivity index (χ2n) is 7.18. The van der Waals surface area contributed by atoms with Crippen molar-refractivity contribution >= 4 is 23.2 Å². The number of aliphatic hydroxyl groups excluding tert-OH is 1. The number of Topliss-reactive ketones (excluding diaryl/α,β-unsaturated/α-hetero) is 1. The first-order chi connectivity index (χ1) is 13.9. The third-order valence-corrected chi connectivity index (χ3v) is 5.62. The lowest BCUT2D eigenvalue weighted by Crippen LogP contribution is -2.45. The number of carbonyl (C=O) groups excluding carboxylic acids is 2. The van der Waals surface area contributed by atoms with Crippen LogP contribution in [-0.4, -0.2) is 53.5 Å². The lowest BCUT2D eigenvalue weighted by molar-refractivity contribution is -0.165. The maximum Gasteiger partial charge on any atom is 0.228 e. The molecule has 1 aromatic carbocycles. The van der Waals surface area contributed by atoms with E-state index in [9.17, 15) is 19.8 Å². The Bertz CT molecular complexity index is 874. The Morgan fingerprint density at radius 1 is 1.24 bits per heavy atom. The third-order valence-electron chi connectivity index (χ3n) is 5.25. The van der Waals surface area contributed by atoms with Crippen molar-refractivity contribution in [1.82, 2.24) is 0 Å². The maximum absolute atomic E-state index is 13.1. The number of aromatic hydroxyl groups is 1. The molecule has 1 saturated heterocycles. The highest BCUT2D eigenvalue weighted by Crippen LogP contribution is 2.52. The van der Waals surface area contributed by atoms with Crippen molar-refractivity contribution in [3.05, 3.63) is 28.5 Å². The number of fused-ring (bicyclic) bond motifs is 1. The van der Waals surface area contributed by atoms with E-state index in [1.165, 1.54) is 6.07 Å². The van der Waals surface area contributed by atoms with Gasteiger partial charge in [-0.3, -0.25) is 9.59 Å². The SMILES string of the molecule is O=C1C=C(O)[C@]2(CC1)Oc1c(Cl)c(O)cc(OCCOC3CCCCO3)c1C2=O. The summed E-state index contributed by atoms with van der Waals surface area (Å²) in [6.07, 6.45) is 3.60. The Morgan fingerprint density at radius 3 is 2.79 bits per heavy atom. The number of phenols is 1. The van der Waals surface area contributed by atoms with Crippen molar-refractivity contribution in [2.45, 2.75) is 44.0 Å². The normalized spacial score (nSPS) is 26.2. The van der Waals surface area contributed by atoms with Crippen LogP contribution >= 0.6 is 11.6 Å². The van der Waals surface area contributed by atoms with E-state index in [2.05, 4.69) is 0 Å². The number of phenolic OH excluding ortho intramolecular Hbond substituents is 1. The second kappa shape index (κ2) is 7.85. The van der Waals surface area contributed by atoms with Crippen LogP contribution in [0.3, 0.4) is 0 Å². The summed E-state index contributed by atoms with van der Waals surface area (Å²) in [6.45, 7) is 0.994. The van der Waals surface area contributed by atoms with Crippen molar-refractivity contribution in [2.75, 3.05) is 19.8 Å². The molecule has 3 aliphatic rings. The minimum atomic E-state index is -1.72. The van der Waals surface area contributed by atoms with Gasteiger partial charge in [0.15, 0.2) is 17.8 Å². The molecule has 1 aliphatic carbocycles. The molecule has 1 fully saturated rings. The maximum atomic E-state index is 13.1. The molecule has 1 aromatic rings. The Kier molecular flexibility index (Phi) is 5.42. The van der Waals surface area contributed by atoms with E-state index in [-0.39, 0.29) is 66.0 Å². The van der Waals surface area contributed by atoms with Crippen LogP contribution in [0.4, 0.5) is 0 Å². The molecule has 9 heteroatoms. The van der Waals surface area contributed by atoms with Gasteiger partial charge in [-0.25, -0.2) is 0 Å². The average Bonchev–Trinajstić information content (AvgIpc) is 3.01. The van der Waals surface area contributed by atoms with Crippen LogP contribution in [0.5, 0.6) is 17.2 Å². The fraction of sp³-hybridized carbons (Fsp3) is 0.500. The van der Waals surface area contributed by atoms with Gasteiger partial charge in [0.2, 0.25) is 11.4 Å². The Labute approximate surface area is 172 Å². The van der Waals surface area contributed by atoms with E-state index < -0.39 is 17.1 Å². The molecule has 0 amide bonds. The predicted molar refractivity (Wildman–Crippen MR) is 101 cm³/mol. The molecule has 0 aromatic heterocycles. The minimum Gasteiger partial charge on any atom is -0.507 e. The summed E-state index contributed by atoms with van der Waals surface area (Å²) in [5.41, 5.74) is -1.70. The topological polar surface area (TPSA) is 112 Å². The lowest BCUT2D eigenvalue weighted by atomic mass is 9.83. The average molecular weight is 425 g/mol. The zero-order valence-corrected chi connectivity index (χ0v) is 16.4. The first-order valence-electron chi connectivity index (χ1n) is 9.51. The largest absolute Gasteiger partial charge is 0.507 e. The Balaban J connectivity index is 1.53. The van der Waals surface area contributed by atoms with Crippen LogP contribution < -0.4 is 9.47 Å². The lowest BCUT2D eigenvalue weighted by Gasteiger charge is -2.28. The van der Waals surface area contributed by atoms with E-state index in [4.69, 9.17) is 30.5 Å². The minimum absolute atomic E-state index is 0.0241. The summed E-state index contributed by atoms with van der Waals surface area (Å²) in [5.74, 6) is -1.67. The van der Waals surface area contributed by atoms with Crippen molar-refractivity contribution in [1.29, 1.82) is 0 Å². The highest BCUT2D eigenvalue weighted by atomic mass is 35.5. The molecule has 2 aliphatic heterocycles. The molecule has 156 valence electrons. The van der Waals surface area contributed by atoms with Gasteiger partial charge in [0.1, 0.15) is 34.5 Å².